The molecule has 3 heteroatoms. The average molecular weight is 273 g/mol. The predicted octanol–water partition coefficient (Wildman–Crippen LogP) is 1.73. The molecule has 1 aromatic carbocycles. The van der Waals surface area contributed by atoms with E-state index in [4.69, 9.17) is 0 Å². The summed E-state index contributed by atoms with van der Waals surface area (Å²) in [6.07, 6.45) is 3.91. The molecule has 1 fully saturated rings. The van der Waals surface area contributed by atoms with Crippen LogP contribution in [-0.2, 0) is 13.0 Å². The van der Waals surface area contributed by atoms with Crippen molar-refractivity contribution in [2.24, 2.45) is 0 Å². The summed E-state index contributed by atoms with van der Waals surface area (Å²) in [6.45, 7) is 9.75. The van der Waals surface area contributed by atoms with Crippen molar-refractivity contribution in [2.75, 3.05) is 45.8 Å². The molecule has 20 heavy (non-hydrogen) atoms. The summed E-state index contributed by atoms with van der Waals surface area (Å²) < 4.78 is 0. The minimum absolute atomic E-state index is 1.16. The fourth-order valence-corrected chi connectivity index (χ4v) is 3.35. The molecule has 0 unspecified atom stereocenters. The topological polar surface area (TPSA) is 18.5 Å². The Balaban J connectivity index is 1.35. The molecule has 0 aliphatic carbocycles. The van der Waals surface area contributed by atoms with Gasteiger partial charge in [-0.05, 0) is 43.5 Å². The van der Waals surface area contributed by atoms with E-state index in [0.717, 1.165) is 6.54 Å². The van der Waals surface area contributed by atoms with Crippen molar-refractivity contribution < 1.29 is 0 Å². The maximum absolute atomic E-state index is 3.42. The van der Waals surface area contributed by atoms with Crippen molar-refractivity contribution in [2.45, 2.75) is 25.8 Å². The molecular formula is C17H27N3. The van der Waals surface area contributed by atoms with Crippen LogP contribution < -0.4 is 5.32 Å². The van der Waals surface area contributed by atoms with Gasteiger partial charge in [-0.2, -0.15) is 0 Å². The lowest BCUT2D eigenvalue weighted by molar-refractivity contribution is 0.217. The molecule has 1 aromatic rings. The van der Waals surface area contributed by atoms with Crippen LogP contribution in [0, 0.1) is 0 Å². The maximum atomic E-state index is 3.42. The zero-order valence-corrected chi connectivity index (χ0v) is 12.5. The van der Waals surface area contributed by atoms with Gasteiger partial charge in [-0.15, -0.1) is 0 Å². The Labute approximate surface area is 123 Å². The summed E-state index contributed by atoms with van der Waals surface area (Å²) in [5.41, 5.74) is 3.10. The van der Waals surface area contributed by atoms with Crippen molar-refractivity contribution in [3.63, 3.8) is 0 Å². The number of hydrogen-bond acceptors (Lipinski definition) is 3. The first-order valence-corrected chi connectivity index (χ1v) is 8.14. The highest BCUT2D eigenvalue weighted by atomic mass is 15.2. The molecule has 110 valence electrons. The van der Waals surface area contributed by atoms with Gasteiger partial charge in [0.25, 0.3) is 0 Å². The van der Waals surface area contributed by atoms with Gasteiger partial charge in [-0.25, -0.2) is 0 Å². The van der Waals surface area contributed by atoms with Crippen molar-refractivity contribution in [1.82, 2.24) is 15.1 Å². The second-order valence-corrected chi connectivity index (χ2v) is 6.09. The van der Waals surface area contributed by atoms with Crippen molar-refractivity contribution >= 4 is 0 Å². The van der Waals surface area contributed by atoms with E-state index in [2.05, 4.69) is 39.4 Å². The van der Waals surface area contributed by atoms with Crippen LogP contribution in [0.1, 0.15) is 24.0 Å². The standard InChI is InChI=1S/C17H27N3/c1-2-6-17-15-20(12-7-16(17)5-1)11-4-3-10-19-13-8-18-9-14-19/h1-2,5-6,18H,3-4,7-15H2. The summed E-state index contributed by atoms with van der Waals surface area (Å²) in [7, 11) is 0. The lowest BCUT2D eigenvalue weighted by Crippen LogP contribution is -2.43. The number of piperazine rings is 1. The molecule has 0 bridgehead atoms. The first kappa shape index (κ1) is 14.1. The second kappa shape index (κ2) is 7.21. The van der Waals surface area contributed by atoms with Gasteiger partial charge in [-0.1, -0.05) is 24.3 Å². The molecule has 0 saturated carbocycles. The van der Waals surface area contributed by atoms with Gasteiger partial charge < -0.3 is 10.2 Å². The molecule has 3 nitrogen and oxygen atoms in total. The lowest BCUT2D eigenvalue weighted by atomic mass is 10.00. The third-order valence-electron chi connectivity index (χ3n) is 4.62. The summed E-state index contributed by atoms with van der Waals surface area (Å²) >= 11 is 0. The van der Waals surface area contributed by atoms with E-state index < -0.39 is 0 Å². The predicted molar refractivity (Wildman–Crippen MR) is 84.0 cm³/mol. The monoisotopic (exact) mass is 273 g/mol. The van der Waals surface area contributed by atoms with Gasteiger partial charge in [-0.3, -0.25) is 4.90 Å². The van der Waals surface area contributed by atoms with E-state index in [1.54, 1.807) is 11.1 Å². The van der Waals surface area contributed by atoms with E-state index >= 15 is 0 Å². The Hall–Kier alpha value is -0.900. The first-order valence-electron chi connectivity index (χ1n) is 8.14. The third kappa shape index (κ3) is 3.81. The summed E-state index contributed by atoms with van der Waals surface area (Å²) in [5, 5.41) is 3.42. The Morgan fingerprint density at radius 3 is 2.35 bits per heavy atom. The van der Waals surface area contributed by atoms with Gasteiger partial charge in [0, 0.05) is 39.3 Å². The average Bonchev–Trinajstić information content (AvgIpc) is 2.52. The Morgan fingerprint density at radius 2 is 1.55 bits per heavy atom. The number of fused-ring (bicyclic) bond motifs is 1. The molecule has 2 aliphatic heterocycles. The van der Waals surface area contributed by atoms with Gasteiger partial charge >= 0.3 is 0 Å². The minimum atomic E-state index is 1.16. The second-order valence-electron chi connectivity index (χ2n) is 6.09. The van der Waals surface area contributed by atoms with Gasteiger partial charge in [0.2, 0.25) is 0 Å². The molecule has 0 amide bonds. The molecule has 1 N–H and O–H groups in total. The SMILES string of the molecule is c1ccc2c(c1)CCN(CCCCN1CCNCC1)C2. The molecule has 1 saturated heterocycles. The number of hydrogen-bond donors (Lipinski definition) is 1. The van der Waals surface area contributed by atoms with Crippen LogP contribution in [0.25, 0.3) is 0 Å². The highest BCUT2D eigenvalue weighted by molar-refractivity contribution is 5.28. The number of unbranched alkanes of at least 4 members (excludes halogenated alkanes) is 1. The van der Waals surface area contributed by atoms with Crippen molar-refractivity contribution in [1.29, 1.82) is 0 Å². The van der Waals surface area contributed by atoms with E-state index in [9.17, 15) is 0 Å². The van der Waals surface area contributed by atoms with E-state index in [1.807, 2.05) is 0 Å². The Morgan fingerprint density at radius 1 is 0.850 bits per heavy atom. The van der Waals surface area contributed by atoms with Crippen molar-refractivity contribution in [3.8, 4) is 0 Å². The number of benzene rings is 1. The molecular weight excluding hydrogens is 246 g/mol. The quantitative estimate of drug-likeness (QED) is 0.824. The van der Waals surface area contributed by atoms with Crippen LogP contribution in [0.5, 0.6) is 0 Å². The zero-order chi connectivity index (χ0) is 13.6. The normalized spacial score (nSPS) is 20.8. The summed E-state index contributed by atoms with van der Waals surface area (Å²) in [5.74, 6) is 0. The third-order valence-corrected chi connectivity index (χ3v) is 4.62. The number of nitrogens with zero attached hydrogens (tertiary/aromatic N) is 2. The fraction of sp³-hybridized carbons (Fsp3) is 0.647. The largest absolute Gasteiger partial charge is 0.314 e. The summed E-state index contributed by atoms with van der Waals surface area (Å²) in [4.78, 5) is 5.22. The first-order chi connectivity index (χ1) is 9.92. The summed E-state index contributed by atoms with van der Waals surface area (Å²) in [6, 6.07) is 8.92. The van der Waals surface area contributed by atoms with E-state index in [1.165, 1.54) is 65.1 Å². The van der Waals surface area contributed by atoms with Gasteiger partial charge in [0.15, 0.2) is 0 Å². The Kier molecular flexibility index (Phi) is 5.06. The molecule has 0 radical (unpaired) electrons. The Bertz CT molecular complexity index is 412. The van der Waals surface area contributed by atoms with E-state index in [-0.39, 0.29) is 0 Å². The maximum Gasteiger partial charge on any atom is 0.0236 e. The lowest BCUT2D eigenvalue weighted by Gasteiger charge is -2.30. The molecule has 3 rings (SSSR count). The zero-order valence-electron chi connectivity index (χ0n) is 12.5. The van der Waals surface area contributed by atoms with Crippen LogP contribution in [-0.4, -0.2) is 55.6 Å². The molecule has 2 heterocycles. The number of nitrogens with one attached hydrogen (secondary N) is 1. The molecule has 2 aliphatic rings. The fourth-order valence-electron chi connectivity index (χ4n) is 3.35. The molecule has 0 spiro atoms. The molecule has 0 atom stereocenters. The number of rotatable bonds is 5. The highest BCUT2D eigenvalue weighted by Crippen LogP contribution is 2.18. The van der Waals surface area contributed by atoms with Gasteiger partial charge in [0.1, 0.15) is 0 Å². The van der Waals surface area contributed by atoms with Crippen LogP contribution in [0.2, 0.25) is 0 Å². The highest BCUT2D eigenvalue weighted by Gasteiger charge is 2.15. The van der Waals surface area contributed by atoms with Crippen molar-refractivity contribution in [3.05, 3.63) is 35.4 Å². The molecule has 0 aromatic heterocycles. The minimum Gasteiger partial charge on any atom is -0.314 e. The van der Waals surface area contributed by atoms with Crippen LogP contribution >= 0.6 is 0 Å². The van der Waals surface area contributed by atoms with Crippen LogP contribution in [0.3, 0.4) is 0 Å². The van der Waals surface area contributed by atoms with Crippen LogP contribution in [0.15, 0.2) is 24.3 Å². The van der Waals surface area contributed by atoms with Crippen LogP contribution in [0.4, 0.5) is 0 Å². The van der Waals surface area contributed by atoms with Gasteiger partial charge in [0.05, 0.1) is 0 Å². The van der Waals surface area contributed by atoms with E-state index in [0.29, 0.717) is 0 Å². The smallest absolute Gasteiger partial charge is 0.0236 e.